The smallest absolute Gasteiger partial charge is 0.270 e. The van der Waals surface area contributed by atoms with E-state index in [0.717, 1.165) is 46.2 Å². The SMILES string of the molecule is F[Si-2](F)(F)(F)(F)F.O.O=C(NCC[NH+](CCNC(=O)c1cccc([N+](=O)[O-])c1)CCNC(=O)c1cccc([N+](=O)[O-])c1)c1cccc([N+](=O)[O-])c1.O=C(NCC[NH+](CCNC(=O)c1cccc([N+](=O)[O-])c1)CCNC(=O)c1cccc([N+](=O)[O-])c1)c1cccc([N+](=O)[O-])c1. The van der Waals surface area contributed by atoms with E-state index >= 15 is 0 Å². The second-order valence-electron chi connectivity index (χ2n) is 19.5. The molecule has 504 valence electrons. The number of hydrogen-bond donors (Lipinski definition) is 8. The molecule has 0 saturated carbocycles. The standard InChI is InChI=1S/2C27H27N7O9.F6Si.H2O/c2*35-25(19-4-1-7-22(16-19)32(38)39)28-10-13-31(14-11-29-26(36)20-5-2-8-23(17-20)33(40)41)15-12-30-27(37)21-6-3-9-24(18-21)34(42)43;1-7(2,3,4,5)6;/h2*1-9,16-18H,10-15H2,(H,28,35)(H,29,36)(H,30,37);;1H2/q;;-2;/p+2. The van der Waals surface area contributed by atoms with Crippen LogP contribution in [0.25, 0.3) is 0 Å². The molecule has 0 atom stereocenters. The summed E-state index contributed by atoms with van der Waals surface area (Å²) in [6.07, 6.45) is 0. The van der Waals surface area contributed by atoms with Crippen LogP contribution in [0.1, 0.15) is 62.1 Å². The van der Waals surface area contributed by atoms with Gasteiger partial charge in [-0.1, -0.05) is 36.4 Å². The van der Waals surface area contributed by atoms with Crippen molar-refractivity contribution in [2.24, 2.45) is 0 Å². The number of nitrogens with zero attached hydrogens (tertiary/aromatic N) is 6. The Morgan fingerprint density at radius 1 is 0.298 bits per heavy atom. The fourth-order valence-corrected chi connectivity index (χ4v) is 8.04. The molecule has 94 heavy (non-hydrogen) atoms. The molecule has 0 spiro atoms. The van der Waals surface area contributed by atoms with Gasteiger partial charge in [0.25, 0.3) is 69.6 Å². The van der Waals surface area contributed by atoms with Crippen molar-refractivity contribution in [2.45, 2.75) is 0 Å². The summed E-state index contributed by atoms with van der Waals surface area (Å²) in [6, 6.07) is 31.7. The van der Waals surface area contributed by atoms with Gasteiger partial charge in [0.15, 0.2) is 0 Å². The van der Waals surface area contributed by atoms with E-state index in [-0.39, 0.29) is 112 Å². The summed E-state index contributed by atoms with van der Waals surface area (Å²) in [5.41, 5.74) is -0.650. The molecule has 0 aromatic heterocycles. The normalized spacial score (nSPS) is 11.4. The van der Waals surface area contributed by atoms with Gasteiger partial charge in [-0.15, -0.1) is 0 Å². The van der Waals surface area contributed by atoms with E-state index in [2.05, 4.69) is 31.9 Å². The van der Waals surface area contributed by atoms with Gasteiger partial charge >= 0.3 is 33.3 Å². The summed E-state index contributed by atoms with van der Waals surface area (Å²) in [6.45, 7) is 3.05. The molecule has 10 N–H and O–H groups in total. The van der Waals surface area contributed by atoms with E-state index in [1.54, 1.807) is 0 Å². The molecule has 40 heteroatoms. The Labute approximate surface area is 525 Å². The number of halogens is 6. The van der Waals surface area contributed by atoms with E-state index < -0.39 is 73.6 Å². The third kappa shape index (κ3) is 28.8. The van der Waals surface area contributed by atoms with E-state index in [9.17, 15) is 114 Å². The van der Waals surface area contributed by atoms with Crippen LogP contribution < -0.4 is 41.7 Å². The molecule has 6 aromatic rings. The second kappa shape index (κ2) is 34.4. The fourth-order valence-electron chi connectivity index (χ4n) is 8.04. The predicted molar refractivity (Wildman–Crippen MR) is 320 cm³/mol. The Morgan fingerprint density at radius 2 is 0.426 bits per heavy atom. The first-order chi connectivity index (χ1) is 43.5. The van der Waals surface area contributed by atoms with Crippen LogP contribution in [0.3, 0.4) is 0 Å². The van der Waals surface area contributed by atoms with Crippen molar-refractivity contribution in [1.29, 1.82) is 0 Å². The number of nitro benzene ring substituents is 6. The van der Waals surface area contributed by atoms with Crippen molar-refractivity contribution in [3.8, 4) is 0 Å². The quantitative estimate of drug-likeness (QED) is 0.0106. The number of carbonyl (C=O) groups is 6. The Morgan fingerprint density at radius 3 is 0.543 bits per heavy atom. The second-order valence-corrected chi connectivity index (χ2v) is 21.6. The third-order valence-corrected chi connectivity index (χ3v) is 12.5. The predicted octanol–water partition coefficient (Wildman–Crippen LogP) is 3.09. The van der Waals surface area contributed by atoms with Gasteiger partial charge in [0.2, 0.25) is 0 Å². The molecule has 0 bridgehead atoms. The van der Waals surface area contributed by atoms with E-state index in [0.29, 0.717) is 39.3 Å². The molecule has 0 aliphatic rings. The first-order valence-corrected chi connectivity index (χ1v) is 29.3. The minimum atomic E-state index is -10.8. The molecule has 6 rings (SSSR count). The Kier molecular flexibility index (Phi) is 28.0. The fraction of sp³-hybridized carbons (Fsp3) is 0.222. The maximum Gasteiger partial charge on any atom is 0.270 e. The average Bonchev–Trinajstić information content (AvgIpc) is 0.831. The van der Waals surface area contributed by atoms with Crippen molar-refractivity contribution in [3.63, 3.8) is 0 Å². The van der Waals surface area contributed by atoms with E-state index in [1.165, 1.54) is 109 Å². The summed E-state index contributed by atoms with van der Waals surface area (Å²) < 4.78 is 59.3. The first kappa shape index (κ1) is 76.5. The number of benzene rings is 6. The monoisotopic (exact) mass is 1350 g/mol. The third-order valence-electron chi connectivity index (χ3n) is 12.5. The summed E-state index contributed by atoms with van der Waals surface area (Å²) >= 11 is 0. The number of amides is 6. The molecule has 33 nitrogen and oxygen atoms in total. The zero-order valence-electron chi connectivity index (χ0n) is 48.6. The van der Waals surface area contributed by atoms with Gasteiger partial charge in [0, 0.05) is 106 Å². The van der Waals surface area contributed by atoms with Crippen LogP contribution >= 0.6 is 0 Å². The van der Waals surface area contributed by atoms with E-state index in [1.807, 2.05) is 0 Å². The van der Waals surface area contributed by atoms with Crippen LogP contribution in [0.15, 0.2) is 146 Å². The van der Waals surface area contributed by atoms with Crippen LogP contribution in [0.4, 0.5) is 58.8 Å². The maximum absolute atomic E-state index is 12.5. The molecule has 0 fully saturated rings. The Hall–Kier alpha value is -11.8. The van der Waals surface area contributed by atoms with Gasteiger partial charge in [-0.3, -0.25) is 89.5 Å². The molecule has 6 amide bonds. The van der Waals surface area contributed by atoms with Gasteiger partial charge in [-0.2, -0.15) is 0 Å². The van der Waals surface area contributed by atoms with Gasteiger partial charge in [-0.05, 0) is 36.4 Å². The largest absolute Gasteiger partial charge is 0.412 e. The molecule has 0 heterocycles. The molecule has 0 saturated heterocycles. The van der Waals surface area contributed by atoms with Crippen LogP contribution in [-0.4, -0.2) is 158 Å². The average molecular weight is 1350 g/mol. The minimum Gasteiger partial charge on any atom is -0.412 e. The molecule has 0 radical (unpaired) electrons. The Balaban J connectivity index is 0.000000440. The summed E-state index contributed by atoms with van der Waals surface area (Å²) in [5.74, 6) is -3.08. The maximum atomic E-state index is 12.5. The summed E-state index contributed by atoms with van der Waals surface area (Å²) in [5, 5.41) is 82.2. The number of hydrogen-bond acceptors (Lipinski definition) is 18. The van der Waals surface area contributed by atoms with Crippen molar-refractivity contribution in [1.82, 2.24) is 31.9 Å². The number of carbonyl (C=O) groups excluding carboxylic acids is 6. The molecular weight excluding hydrogens is 1290 g/mol. The molecule has 0 aliphatic heterocycles. The van der Waals surface area contributed by atoms with E-state index in [4.69, 9.17) is 0 Å². The van der Waals surface area contributed by atoms with Gasteiger partial charge in [0.05, 0.1) is 108 Å². The number of nitro groups is 6. The topological polar surface area (TPSA) is 474 Å². The van der Waals surface area contributed by atoms with Crippen LogP contribution in [0.5, 0.6) is 0 Å². The van der Waals surface area contributed by atoms with Gasteiger partial charge < -0.3 is 47.2 Å². The van der Waals surface area contributed by atoms with Gasteiger partial charge in [-0.25, -0.2) is 0 Å². The molecular formula is C54H58F6N14O19Si. The molecule has 0 aliphatic carbocycles. The number of rotatable bonds is 30. The van der Waals surface area contributed by atoms with Crippen molar-refractivity contribution in [2.75, 3.05) is 78.5 Å². The number of nitrogens with one attached hydrogen (secondary N) is 8. The Bertz CT molecular complexity index is 3190. The van der Waals surface area contributed by atoms with Crippen molar-refractivity contribution in [3.05, 3.63) is 240 Å². The van der Waals surface area contributed by atoms with Crippen molar-refractivity contribution >= 4 is 78.2 Å². The van der Waals surface area contributed by atoms with Crippen LogP contribution in [0, 0.1) is 60.7 Å². The van der Waals surface area contributed by atoms with Gasteiger partial charge in [0.1, 0.15) is 0 Å². The van der Waals surface area contributed by atoms with Crippen molar-refractivity contribution < 1.29 is 98.2 Å². The zero-order chi connectivity index (χ0) is 69.1. The van der Waals surface area contributed by atoms with Crippen LogP contribution in [-0.2, 0) is 0 Å². The summed E-state index contributed by atoms with van der Waals surface area (Å²) in [4.78, 5) is 139. The number of quaternary nitrogens is 2. The first-order valence-electron chi connectivity index (χ1n) is 27.1. The minimum absolute atomic E-state index is 0. The van der Waals surface area contributed by atoms with Crippen LogP contribution in [0.2, 0.25) is 0 Å². The summed E-state index contributed by atoms with van der Waals surface area (Å²) in [7, 11) is -10.8. The molecule has 6 aromatic carbocycles. The zero-order valence-corrected chi connectivity index (χ0v) is 49.6. The number of non-ortho nitro benzene ring substituents is 6. The molecule has 0 unspecified atom stereocenters.